The molecule has 1 aliphatic heterocycles. The number of carbonyl (C=O) groups excluding carboxylic acids is 2. The van der Waals surface area contributed by atoms with Gasteiger partial charge in [-0.3, -0.25) is 10.1 Å². The molecule has 1 fully saturated rings. The van der Waals surface area contributed by atoms with Crippen molar-refractivity contribution in [2.75, 3.05) is 13.1 Å². The Kier molecular flexibility index (Phi) is 3.69. The monoisotopic (exact) mass is 274 g/mol. The van der Waals surface area contributed by atoms with Gasteiger partial charge in [0.2, 0.25) is 0 Å². The minimum Gasteiger partial charge on any atom is -0.335 e. The van der Waals surface area contributed by atoms with Gasteiger partial charge < -0.3 is 10.2 Å². The summed E-state index contributed by atoms with van der Waals surface area (Å²) in [6.45, 7) is 2.15. The van der Waals surface area contributed by atoms with Crippen molar-refractivity contribution in [3.63, 3.8) is 0 Å². The Labute approximate surface area is 118 Å². The Hall–Kier alpha value is -1.88. The van der Waals surface area contributed by atoms with Crippen molar-refractivity contribution in [2.24, 2.45) is 0 Å². The van der Waals surface area contributed by atoms with Crippen LogP contribution in [0.2, 0.25) is 0 Å². The third kappa shape index (κ3) is 3.36. The van der Waals surface area contributed by atoms with Crippen LogP contribution in [-0.2, 0) is 17.8 Å². The molecule has 3 rings (SSSR count). The van der Waals surface area contributed by atoms with E-state index in [0.29, 0.717) is 6.54 Å². The van der Waals surface area contributed by atoms with Gasteiger partial charge in [0, 0.05) is 18.0 Å². The Balaban J connectivity index is 1.48. The molecule has 1 heterocycles. The number of fused-ring (bicyclic) bond motifs is 1. The zero-order chi connectivity index (χ0) is 13.9. The molecule has 1 aliphatic carbocycles. The van der Waals surface area contributed by atoms with E-state index in [9.17, 15) is 9.59 Å². The molecule has 106 valence electrons. The van der Waals surface area contributed by atoms with Gasteiger partial charge in [0.1, 0.15) is 6.54 Å². The second-order valence-electron chi connectivity index (χ2n) is 5.67. The largest absolute Gasteiger partial charge is 0.335 e. The molecule has 20 heavy (non-hydrogen) atoms. The molecule has 1 saturated carbocycles. The molecular weight excluding hydrogens is 254 g/mol. The number of nitrogens with one attached hydrogen (secondary N) is 3. The van der Waals surface area contributed by atoms with Crippen LogP contribution in [0.5, 0.6) is 0 Å². The fourth-order valence-electron chi connectivity index (χ4n) is 2.64. The fraction of sp³-hybridized carbons (Fsp3) is 0.467. The SMILES string of the molecule is O=C(C[NH+]1CCc2ccccc2C1)NC(=O)NC1CC1. The molecule has 0 radical (unpaired) electrons. The van der Waals surface area contributed by atoms with Crippen molar-refractivity contribution in [1.82, 2.24) is 10.6 Å². The first-order valence-electron chi connectivity index (χ1n) is 7.21. The third-order valence-corrected chi connectivity index (χ3v) is 3.88. The van der Waals surface area contributed by atoms with E-state index in [-0.39, 0.29) is 18.0 Å². The lowest BCUT2D eigenvalue weighted by Gasteiger charge is -2.25. The molecule has 2 aliphatic rings. The molecule has 0 spiro atoms. The molecule has 0 bridgehead atoms. The summed E-state index contributed by atoms with van der Waals surface area (Å²) in [7, 11) is 0. The van der Waals surface area contributed by atoms with Crippen LogP contribution < -0.4 is 15.5 Å². The van der Waals surface area contributed by atoms with E-state index < -0.39 is 0 Å². The Morgan fingerprint density at radius 2 is 1.95 bits per heavy atom. The summed E-state index contributed by atoms with van der Waals surface area (Å²) in [6, 6.07) is 8.27. The highest BCUT2D eigenvalue weighted by Crippen LogP contribution is 2.18. The van der Waals surface area contributed by atoms with Crippen LogP contribution in [0.3, 0.4) is 0 Å². The lowest BCUT2D eigenvalue weighted by Crippen LogP contribution is -3.13. The van der Waals surface area contributed by atoms with Crippen molar-refractivity contribution in [2.45, 2.75) is 31.8 Å². The molecule has 1 aromatic carbocycles. The molecule has 0 saturated heterocycles. The van der Waals surface area contributed by atoms with Crippen LogP contribution in [0.4, 0.5) is 4.79 Å². The van der Waals surface area contributed by atoms with Crippen LogP contribution in [0.1, 0.15) is 24.0 Å². The zero-order valence-electron chi connectivity index (χ0n) is 11.4. The van der Waals surface area contributed by atoms with Crippen molar-refractivity contribution < 1.29 is 14.5 Å². The summed E-state index contributed by atoms with van der Waals surface area (Å²) >= 11 is 0. The summed E-state index contributed by atoms with van der Waals surface area (Å²) in [5, 5.41) is 5.17. The summed E-state index contributed by atoms with van der Waals surface area (Å²) < 4.78 is 0. The van der Waals surface area contributed by atoms with Crippen LogP contribution in [-0.4, -0.2) is 31.1 Å². The lowest BCUT2D eigenvalue weighted by atomic mass is 10.00. The van der Waals surface area contributed by atoms with Gasteiger partial charge in [0.05, 0.1) is 6.54 Å². The molecule has 5 heteroatoms. The zero-order valence-corrected chi connectivity index (χ0v) is 11.4. The van der Waals surface area contributed by atoms with Gasteiger partial charge in [-0.1, -0.05) is 24.3 Å². The predicted molar refractivity (Wildman–Crippen MR) is 74.2 cm³/mol. The maximum Gasteiger partial charge on any atom is 0.321 e. The average molecular weight is 274 g/mol. The first-order valence-corrected chi connectivity index (χ1v) is 7.21. The topological polar surface area (TPSA) is 62.6 Å². The third-order valence-electron chi connectivity index (χ3n) is 3.88. The quantitative estimate of drug-likeness (QED) is 0.703. The van der Waals surface area contributed by atoms with E-state index in [0.717, 1.165) is 32.4 Å². The molecule has 0 aromatic heterocycles. The average Bonchev–Trinajstić information content (AvgIpc) is 3.22. The van der Waals surface area contributed by atoms with Gasteiger partial charge in [-0.15, -0.1) is 0 Å². The molecule has 5 nitrogen and oxygen atoms in total. The van der Waals surface area contributed by atoms with Gasteiger partial charge >= 0.3 is 6.03 Å². The second-order valence-corrected chi connectivity index (χ2v) is 5.67. The Morgan fingerprint density at radius 1 is 1.20 bits per heavy atom. The maximum atomic E-state index is 11.8. The predicted octanol–water partition coefficient (Wildman–Crippen LogP) is -0.384. The van der Waals surface area contributed by atoms with Crippen LogP contribution in [0.15, 0.2) is 24.3 Å². The van der Waals surface area contributed by atoms with E-state index in [1.165, 1.54) is 16.0 Å². The number of hydrogen-bond acceptors (Lipinski definition) is 2. The first-order chi connectivity index (χ1) is 9.70. The van der Waals surface area contributed by atoms with Crippen molar-refractivity contribution in [1.29, 1.82) is 0 Å². The van der Waals surface area contributed by atoms with E-state index in [2.05, 4.69) is 28.8 Å². The van der Waals surface area contributed by atoms with Crippen LogP contribution >= 0.6 is 0 Å². The van der Waals surface area contributed by atoms with Gasteiger partial charge in [0.15, 0.2) is 6.54 Å². The number of imide groups is 1. The fourth-order valence-corrected chi connectivity index (χ4v) is 2.64. The molecular formula is C15H20N3O2+. The number of rotatable bonds is 3. The molecule has 1 aromatic rings. The minimum absolute atomic E-state index is 0.197. The van der Waals surface area contributed by atoms with Gasteiger partial charge in [-0.05, 0) is 18.4 Å². The first kappa shape index (κ1) is 13.1. The second kappa shape index (κ2) is 5.63. The molecule has 3 amide bonds. The van der Waals surface area contributed by atoms with Gasteiger partial charge in [0.25, 0.3) is 5.91 Å². The number of carbonyl (C=O) groups is 2. The maximum absolute atomic E-state index is 11.8. The number of urea groups is 1. The van der Waals surface area contributed by atoms with Crippen molar-refractivity contribution in [3.05, 3.63) is 35.4 Å². The summed E-state index contributed by atoms with van der Waals surface area (Å²) in [5.41, 5.74) is 2.69. The molecule has 1 atom stereocenters. The summed E-state index contributed by atoms with van der Waals surface area (Å²) in [6.07, 6.45) is 3.04. The van der Waals surface area contributed by atoms with Gasteiger partial charge in [-0.2, -0.15) is 0 Å². The summed E-state index contributed by atoms with van der Waals surface area (Å²) in [4.78, 5) is 24.5. The van der Waals surface area contributed by atoms with E-state index in [1.54, 1.807) is 0 Å². The van der Waals surface area contributed by atoms with Crippen molar-refractivity contribution in [3.8, 4) is 0 Å². The van der Waals surface area contributed by atoms with E-state index in [1.807, 2.05) is 6.07 Å². The van der Waals surface area contributed by atoms with Crippen molar-refractivity contribution >= 4 is 11.9 Å². The molecule has 1 unspecified atom stereocenters. The number of hydrogen-bond donors (Lipinski definition) is 3. The lowest BCUT2D eigenvalue weighted by molar-refractivity contribution is -0.908. The number of quaternary nitrogens is 1. The van der Waals surface area contributed by atoms with E-state index >= 15 is 0 Å². The van der Waals surface area contributed by atoms with Crippen LogP contribution in [0, 0.1) is 0 Å². The summed E-state index contributed by atoms with van der Waals surface area (Å²) in [5.74, 6) is -0.197. The Bertz CT molecular complexity index is 526. The van der Waals surface area contributed by atoms with E-state index in [4.69, 9.17) is 0 Å². The van der Waals surface area contributed by atoms with Crippen LogP contribution in [0.25, 0.3) is 0 Å². The van der Waals surface area contributed by atoms with Gasteiger partial charge in [-0.25, -0.2) is 4.79 Å². The number of benzene rings is 1. The normalized spacial score (nSPS) is 20.9. The number of amides is 3. The molecule has 3 N–H and O–H groups in total. The highest BCUT2D eigenvalue weighted by molar-refractivity contribution is 5.94. The Morgan fingerprint density at radius 3 is 2.70 bits per heavy atom. The smallest absolute Gasteiger partial charge is 0.321 e. The highest BCUT2D eigenvalue weighted by atomic mass is 16.2. The standard InChI is InChI=1S/C15H19N3O2/c19-14(17-15(20)16-13-5-6-13)10-18-8-7-11-3-1-2-4-12(11)9-18/h1-4,13H,5-10H2,(H2,16,17,19,20)/p+1. The minimum atomic E-state index is -0.352. The highest BCUT2D eigenvalue weighted by Gasteiger charge is 2.25.